The first-order valence-corrected chi connectivity index (χ1v) is 10.6. The number of rotatable bonds is 8. The minimum atomic E-state index is -1.63. The number of aliphatic hydroxyl groups excluding tert-OH is 1. The number of benzene rings is 1. The molecule has 5 nitrogen and oxygen atoms in total. The van der Waals surface area contributed by atoms with E-state index in [2.05, 4.69) is 16.7 Å². The van der Waals surface area contributed by atoms with Crippen molar-refractivity contribution in [3.05, 3.63) is 35.9 Å². The molecule has 160 valence electrons. The molecule has 1 saturated carbocycles. The second-order valence-electron chi connectivity index (χ2n) is 8.38. The Balaban J connectivity index is 2.04. The highest BCUT2D eigenvalue weighted by atomic mass is 16.5. The molecule has 0 saturated heterocycles. The Morgan fingerprint density at radius 1 is 1.17 bits per heavy atom. The number of ether oxygens (including phenoxy) is 1. The normalized spacial score (nSPS) is 17.3. The fourth-order valence-corrected chi connectivity index (χ4v) is 4.00. The third-order valence-electron chi connectivity index (χ3n) is 6.02. The first kappa shape index (κ1) is 23.4. The minimum Gasteiger partial charge on any atom is -0.450 e. The predicted molar refractivity (Wildman–Crippen MR) is 114 cm³/mol. The van der Waals surface area contributed by atoms with Gasteiger partial charge in [0, 0.05) is 11.5 Å². The van der Waals surface area contributed by atoms with Gasteiger partial charge in [-0.05, 0) is 38.8 Å². The Morgan fingerprint density at radius 3 is 2.41 bits per heavy atom. The van der Waals surface area contributed by atoms with Gasteiger partial charge in [-0.2, -0.15) is 0 Å². The van der Waals surface area contributed by atoms with Crippen LogP contribution in [0.15, 0.2) is 30.3 Å². The van der Waals surface area contributed by atoms with Crippen LogP contribution in [-0.2, 0) is 15.1 Å². The molecule has 2 rings (SSSR count). The van der Waals surface area contributed by atoms with Gasteiger partial charge in [0.2, 0.25) is 0 Å². The lowest BCUT2D eigenvalue weighted by atomic mass is 9.73. The predicted octanol–water partition coefficient (Wildman–Crippen LogP) is 3.09. The van der Waals surface area contributed by atoms with Crippen LogP contribution in [0.5, 0.6) is 0 Å². The number of hydrogen-bond donors (Lipinski definition) is 2. The standard InChI is InChI=1S/C24H35NO4/c1-4-25(23(2,3)19-26)17-11-12-18-29-22(27)24(28,20-13-7-5-8-14-20)21-15-9-6-10-16-21/h5,7-8,13-14,21,26,28H,4,6,9-10,15-19H2,1-3H3. The van der Waals surface area contributed by atoms with Gasteiger partial charge in [-0.1, -0.05) is 68.4 Å². The summed E-state index contributed by atoms with van der Waals surface area (Å²) in [6.45, 7) is 7.17. The van der Waals surface area contributed by atoms with Gasteiger partial charge in [0.15, 0.2) is 12.2 Å². The van der Waals surface area contributed by atoms with Gasteiger partial charge >= 0.3 is 5.97 Å². The molecule has 1 aromatic carbocycles. The second-order valence-corrected chi connectivity index (χ2v) is 8.38. The van der Waals surface area contributed by atoms with Crippen molar-refractivity contribution in [2.45, 2.75) is 64.0 Å². The van der Waals surface area contributed by atoms with Crippen LogP contribution in [0, 0.1) is 17.8 Å². The van der Waals surface area contributed by atoms with Crippen LogP contribution in [0.2, 0.25) is 0 Å². The van der Waals surface area contributed by atoms with E-state index in [1.807, 2.05) is 39.0 Å². The average molecular weight is 402 g/mol. The van der Waals surface area contributed by atoms with E-state index < -0.39 is 11.6 Å². The first-order chi connectivity index (χ1) is 13.9. The highest BCUT2D eigenvalue weighted by Crippen LogP contribution is 2.40. The second kappa shape index (κ2) is 10.8. The Labute approximate surface area is 175 Å². The van der Waals surface area contributed by atoms with Gasteiger partial charge < -0.3 is 14.9 Å². The van der Waals surface area contributed by atoms with Crippen molar-refractivity contribution >= 4 is 5.97 Å². The van der Waals surface area contributed by atoms with Crippen LogP contribution < -0.4 is 0 Å². The third-order valence-corrected chi connectivity index (χ3v) is 6.02. The number of carbonyl (C=O) groups excluding carboxylic acids is 1. The fraction of sp³-hybridized carbons (Fsp3) is 0.625. The molecule has 5 heteroatoms. The summed E-state index contributed by atoms with van der Waals surface area (Å²) in [6, 6.07) is 9.11. The SMILES string of the molecule is CCN(CC#CCOC(=O)C(O)(c1ccccc1)C1CCCCC1)C(C)(C)CO. The molecule has 0 bridgehead atoms. The lowest BCUT2D eigenvalue weighted by Gasteiger charge is -2.36. The van der Waals surface area contributed by atoms with E-state index in [4.69, 9.17) is 4.74 Å². The lowest BCUT2D eigenvalue weighted by Crippen LogP contribution is -2.46. The number of hydrogen-bond acceptors (Lipinski definition) is 5. The van der Waals surface area contributed by atoms with Crippen molar-refractivity contribution in [2.24, 2.45) is 5.92 Å². The summed E-state index contributed by atoms with van der Waals surface area (Å²) in [5.74, 6) is 5.13. The Kier molecular flexibility index (Phi) is 8.70. The van der Waals surface area contributed by atoms with Crippen LogP contribution in [0.25, 0.3) is 0 Å². The molecule has 1 fully saturated rings. The summed E-state index contributed by atoms with van der Waals surface area (Å²) in [5, 5.41) is 20.9. The number of nitrogens with zero attached hydrogens (tertiary/aromatic N) is 1. The van der Waals surface area contributed by atoms with Crippen LogP contribution in [-0.4, -0.2) is 52.9 Å². The molecule has 0 aromatic heterocycles. The smallest absolute Gasteiger partial charge is 0.344 e. The number of esters is 1. The van der Waals surface area contributed by atoms with Crippen molar-refractivity contribution in [1.82, 2.24) is 4.90 Å². The Hall–Kier alpha value is -1.87. The fourth-order valence-electron chi connectivity index (χ4n) is 4.00. The topological polar surface area (TPSA) is 70.0 Å². The van der Waals surface area contributed by atoms with Crippen LogP contribution in [0.1, 0.15) is 58.4 Å². The highest BCUT2D eigenvalue weighted by molar-refractivity contribution is 5.81. The molecule has 0 radical (unpaired) electrons. The molecule has 0 amide bonds. The third kappa shape index (κ3) is 5.82. The average Bonchev–Trinajstić information content (AvgIpc) is 2.76. The van der Waals surface area contributed by atoms with Gasteiger partial charge in [0.05, 0.1) is 13.2 Å². The summed E-state index contributed by atoms with van der Waals surface area (Å²) in [6.07, 6.45) is 4.79. The lowest BCUT2D eigenvalue weighted by molar-refractivity contribution is -0.174. The van der Waals surface area contributed by atoms with E-state index in [0.717, 1.165) is 38.6 Å². The zero-order valence-electron chi connectivity index (χ0n) is 18.0. The van der Waals surface area contributed by atoms with E-state index in [1.54, 1.807) is 12.1 Å². The molecule has 0 heterocycles. The number of likely N-dealkylation sites (N-methyl/N-ethyl adjacent to an activating group) is 1. The van der Waals surface area contributed by atoms with E-state index in [-0.39, 0.29) is 24.7 Å². The molecule has 0 aliphatic heterocycles. The zero-order chi connectivity index (χ0) is 21.3. The summed E-state index contributed by atoms with van der Waals surface area (Å²) in [7, 11) is 0. The summed E-state index contributed by atoms with van der Waals surface area (Å²) in [5.41, 5.74) is -1.39. The Morgan fingerprint density at radius 2 is 1.83 bits per heavy atom. The van der Waals surface area contributed by atoms with E-state index in [1.165, 1.54) is 0 Å². The van der Waals surface area contributed by atoms with Crippen LogP contribution in [0.4, 0.5) is 0 Å². The van der Waals surface area contributed by atoms with Crippen molar-refractivity contribution in [1.29, 1.82) is 0 Å². The molecule has 1 aliphatic carbocycles. The molecule has 2 N–H and O–H groups in total. The summed E-state index contributed by atoms with van der Waals surface area (Å²) >= 11 is 0. The molecular weight excluding hydrogens is 366 g/mol. The maximum absolute atomic E-state index is 12.9. The minimum absolute atomic E-state index is 0.0446. The number of aliphatic hydroxyl groups is 2. The maximum atomic E-state index is 12.9. The van der Waals surface area contributed by atoms with Gasteiger partial charge in [-0.25, -0.2) is 4.79 Å². The van der Waals surface area contributed by atoms with E-state index in [9.17, 15) is 15.0 Å². The monoisotopic (exact) mass is 401 g/mol. The van der Waals surface area contributed by atoms with Crippen LogP contribution >= 0.6 is 0 Å². The molecule has 0 spiro atoms. The van der Waals surface area contributed by atoms with Gasteiger partial charge in [-0.3, -0.25) is 4.90 Å². The van der Waals surface area contributed by atoms with E-state index >= 15 is 0 Å². The van der Waals surface area contributed by atoms with Gasteiger partial charge in [0.25, 0.3) is 0 Å². The van der Waals surface area contributed by atoms with E-state index in [0.29, 0.717) is 12.1 Å². The zero-order valence-corrected chi connectivity index (χ0v) is 18.0. The molecule has 1 aromatic rings. The van der Waals surface area contributed by atoms with Gasteiger partial charge in [0.1, 0.15) is 0 Å². The first-order valence-electron chi connectivity index (χ1n) is 10.6. The molecule has 1 unspecified atom stereocenters. The summed E-state index contributed by atoms with van der Waals surface area (Å²) < 4.78 is 5.41. The summed E-state index contributed by atoms with van der Waals surface area (Å²) in [4.78, 5) is 15.0. The molecule has 1 aliphatic rings. The largest absolute Gasteiger partial charge is 0.450 e. The molecular formula is C24H35NO4. The quantitative estimate of drug-likeness (QED) is 0.517. The Bertz CT molecular complexity index is 701. The highest BCUT2D eigenvalue weighted by Gasteiger charge is 2.47. The van der Waals surface area contributed by atoms with Crippen molar-refractivity contribution in [2.75, 3.05) is 26.3 Å². The maximum Gasteiger partial charge on any atom is 0.344 e. The van der Waals surface area contributed by atoms with Crippen molar-refractivity contribution in [3.8, 4) is 11.8 Å². The number of carbonyl (C=O) groups is 1. The molecule has 29 heavy (non-hydrogen) atoms. The van der Waals surface area contributed by atoms with Crippen LogP contribution in [0.3, 0.4) is 0 Å². The molecule has 1 atom stereocenters. The van der Waals surface area contributed by atoms with Crippen molar-refractivity contribution < 1.29 is 19.7 Å². The van der Waals surface area contributed by atoms with Crippen molar-refractivity contribution in [3.63, 3.8) is 0 Å². The van der Waals surface area contributed by atoms with Gasteiger partial charge in [-0.15, -0.1) is 0 Å².